The molecule has 1 N–H and O–H groups in total. The van der Waals surface area contributed by atoms with E-state index in [-0.39, 0.29) is 5.91 Å². The summed E-state index contributed by atoms with van der Waals surface area (Å²) in [5, 5.41) is 2.93. The number of nitrogens with zero attached hydrogens (tertiary/aromatic N) is 1. The number of ether oxygens (including phenoxy) is 2. The van der Waals surface area contributed by atoms with Crippen molar-refractivity contribution in [2.45, 2.75) is 26.3 Å². The minimum Gasteiger partial charge on any atom is -0.497 e. The average Bonchev–Trinajstić information content (AvgIpc) is 2.70. The lowest BCUT2D eigenvalue weighted by Gasteiger charge is -2.30. The minimum absolute atomic E-state index is 0.190. The van der Waals surface area contributed by atoms with Crippen molar-refractivity contribution in [1.82, 2.24) is 4.90 Å². The second-order valence-electron chi connectivity index (χ2n) is 7.21. The van der Waals surface area contributed by atoms with Gasteiger partial charge in [0.25, 0.3) is 5.91 Å². The molecule has 2 aromatic carbocycles. The van der Waals surface area contributed by atoms with Crippen molar-refractivity contribution in [2.24, 2.45) is 5.92 Å². The highest BCUT2D eigenvalue weighted by Crippen LogP contribution is 2.24. The number of hydrogen-bond acceptors (Lipinski definition) is 4. The maximum absolute atomic E-state index is 12.6. The zero-order valence-corrected chi connectivity index (χ0v) is 16.3. The number of carbonyl (C=O) groups is 1. The lowest BCUT2D eigenvalue weighted by Crippen LogP contribution is -2.32. The Kier molecular flexibility index (Phi) is 6.35. The predicted octanol–water partition coefficient (Wildman–Crippen LogP) is 4.19. The molecule has 3 rings (SSSR count). The van der Waals surface area contributed by atoms with Gasteiger partial charge < -0.3 is 14.8 Å². The summed E-state index contributed by atoms with van der Waals surface area (Å²) in [5.41, 5.74) is 2.54. The molecule has 0 unspecified atom stereocenters. The van der Waals surface area contributed by atoms with Crippen molar-refractivity contribution in [3.63, 3.8) is 0 Å². The molecule has 0 radical (unpaired) electrons. The van der Waals surface area contributed by atoms with Gasteiger partial charge in [-0.3, -0.25) is 9.69 Å². The molecular formula is C22H28N2O3. The second kappa shape index (κ2) is 8.91. The average molecular weight is 368 g/mol. The summed E-state index contributed by atoms with van der Waals surface area (Å²) in [6, 6.07) is 13.2. The Labute approximate surface area is 161 Å². The summed E-state index contributed by atoms with van der Waals surface area (Å²) >= 11 is 0. The number of rotatable bonds is 6. The van der Waals surface area contributed by atoms with Crippen LogP contribution in [0.5, 0.6) is 11.5 Å². The number of likely N-dealkylation sites (tertiary alicyclic amines) is 1. The van der Waals surface area contributed by atoms with Gasteiger partial charge in [0.05, 0.1) is 14.2 Å². The minimum atomic E-state index is -0.190. The second-order valence-corrected chi connectivity index (χ2v) is 7.21. The molecule has 0 saturated carbocycles. The number of piperidine rings is 1. The zero-order valence-electron chi connectivity index (χ0n) is 16.3. The summed E-state index contributed by atoms with van der Waals surface area (Å²) < 4.78 is 10.5. The number of hydrogen-bond donors (Lipinski definition) is 1. The molecule has 2 aromatic rings. The molecular weight excluding hydrogens is 340 g/mol. The first kappa shape index (κ1) is 19.2. The maximum atomic E-state index is 12.6. The molecule has 0 spiro atoms. The van der Waals surface area contributed by atoms with E-state index in [0.29, 0.717) is 17.1 Å². The number of methoxy groups -OCH3 is 2. The summed E-state index contributed by atoms with van der Waals surface area (Å²) in [6.45, 7) is 5.62. The van der Waals surface area contributed by atoms with Crippen molar-refractivity contribution in [2.75, 3.05) is 32.6 Å². The summed E-state index contributed by atoms with van der Waals surface area (Å²) in [7, 11) is 3.14. The van der Waals surface area contributed by atoms with Gasteiger partial charge in [-0.2, -0.15) is 0 Å². The molecule has 1 amide bonds. The van der Waals surface area contributed by atoms with E-state index in [1.165, 1.54) is 18.4 Å². The Morgan fingerprint density at radius 3 is 2.19 bits per heavy atom. The van der Waals surface area contributed by atoms with Gasteiger partial charge in [0.15, 0.2) is 0 Å². The molecule has 0 bridgehead atoms. The van der Waals surface area contributed by atoms with E-state index in [0.717, 1.165) is 31.2 Å². The standard InChI is InChI=1S/C22H28N2O3/c1-16-8-10-24(11-9-16)15-17-4-6-19(7-5-17)23-22(25)18-12-20(26-2)14-21(13-18)27-3/h4-7,12-14,16H,8-11,15H2,1-3H3,(H,23,25). The van der Waals surface area contributed by atoms with E-state index >= 15 is 0 Å². The molecule has 5 nitrogen and oxygen atoms in total. The van der Waals surface area contributed by atoms with Crippen LogP contribution in [0.1, 0.15) is 35.7 Å². The fourth-order valence-electron chi connectivity index (χ4n) is 3.31. The van der Waals surface area contributed by atoms with Crippen LogP contribution in [-0.4, -0.2) is 38.1 Å². The van der Waals surface area contributed by atoms with Gasteiger partial charge in [-0.25, -0.2) is 0 Å². The SMILES string of the molecule is COc1cc(OC)cc(C(=O)Nc2ccc(CN3CCC(C)CC3)cc2)c1. The largest absolute Gasteiger partial charge is 0.497 e. The third kappa shape index (κ3) is 5.23. The van der Waals surface area contributed by atoms with Crippen LogP contribution < -0.4 is 14.8 Å². The number of nitrogens with one attached hydrogen (secondary N) is 1. The Hall–Kier alpha value is -2.53. The fourth-order valence-corrected chi connectivity index (χ4v) is 3.31. The molecule has 1 fully saturated rings. The van der Waals surface area contributed by atoms with Crippen LogP contribution in [0, 0.1) is 5.92 Å². The Balaban J connectivity index is 1.61. The first-order valence-electron chi connectivity index (χ1n) is 9.43. The predicted molar refractivity (Wildman–Crippen MR) is 108 cm³/mol. The van der Waals surface area contributed by atoms with E-state index in [1.54, 1.807) is 32.4 Å². The smallest absolute Gasteiger partial charge is 0.255 e. The molecule has 5 heteroatoms. The normalized spacial score (nSPS) is 15.4. The summed E-state index contributed by atoms with van der Waals surface area (Å²) in [6.07, 6.45) is 2.55. The number of amides is 1. The number of benzene rings is 2. The van der Waals surface area contributed by atoms with E-state index in [9.17, 15) is 4.79 Å². The molecule has 0 atom stereocenters. The van der Waals surface area contributed by atoms with E-state index in [2.05, 4.69) is 29.3 Å². The van der Waals surface area contributed by atoms with E-state index in [4.69, 9.17) is 9.47 Å². The molecule has 1 saturated heterocycles. The van der Waals surface area contributed by atoms with Crippen LogP contribution in [0.2, 0.25) is 0 Å². The molecule has 0 aliphatic carbocycles. The van der Waals surface area contributed by atoms with Crippen molar-refractivity contribution < 1.29 is 14.3 Å². The number of carbonyl (C=O) groups excluding carboxylic acids is 1. The van der Waals surface area contributed by atoms with Gasteiger partial charge in [0.1, 0.15) is 11.5 Å². The van der Waals surface area contributed by atoms with Crippen molar-refractivity contribution >= 4 is 11.6 Å². The first-order chi connectivity index (χ1) is 13.1. The van der Waals surface area contributed by atoms with Crippen LogP contribution in [0.15, 0.2) is 42.5 Å². The van der Waals surface area contributed by atoms with Gasteiger partial charge in [-0.1, -0.05) is 19.1 Å². The summed E-state index contributed by atoms with van der Waals surface area (Å²) in [5.74, 6) is 1.83. The molecule has 1 aliphatic rings. The Morgan fingerprint density at radius 1 is 1.04 bits per heavy atom. The van der Waals surface area contributed by atoms with E-state index in [1.807, 2.05) is 12.1 Å². The van der Waals surface area contributed by atoms with Crippen LogP contribution in [0.25, 0.3) is 0 Å². The van der Waals surface area contributed by atoms with Gasteiger partial charge in [0.2, 0.25) is 0 Å². The Morgan fingerprint density at radius 2 is 1.63 bits per heavy atom. The topological polar surface area (TPSA) is 50.8 Å². The summed E-state index contributed by atoms with van der Waals surface area (Å²) in [4.78, 5) is 15.0. The van der Waals surface area contributed by atoms with Gasteiger partial charge in [0, 0.05) is 23.9 Å². The molecule has 144 valence electrons. The number of anilines is 1. The quantitative estimate of drug-likeness (QED) is 0.831. The fraction of sp³-hybridized carbons (Fsp3) is 0.409. The van der Waals surface area contributed by atoms with Gasteiger partial charge in [-0.15, -0.1) is 0 Å². The monoisotopic (exact) mass is 368 g/mol. The van der Waals surface area contributed by atoms with Crippen molar-refractivity contribution in [3.8, 4) is 11.5 Å². The van der Waals surface area contributed by atoms with Crippen LogP contribution in [-0.2, 0) is 6.54 Å². The third-order valence-electron chi connectivity index (χ3n) is 5.11. The van der Waals surface area contributed by atoms with E-state index < -0.39 is 0 Å². The lowest BCUT2D eigenvalue weighted by atomic mass is 9.99. The van der Waals surface area contributed by atoms with Crippen LogP contribution in [0.3, 0.4) is 0 Å². The maximum Gasteiger partial charge on any atom is 0.255 e. The molecule has 0 aromatic heterocycles. The van der Waals surface area contributed by atoms with Gasteiger partial charge >= 0.3 is 0 Å². The highest BCUT2D eigenvalue weighted by Gasteiger charge is 2.16. The van der Waals surface area contributed by atoms with Crippen molar-refractivity contribution in [1.29, 1.82) is 0 Å². The highest BCUT2D eigenvalue weighted by molar-refractivity contribution is 6.04. The molecule has 1 aliphatic heterocycles. The third-order valence-corrected chi connectivity index (χ3v) is 5.11. The zero-order chi connectivity index (χ0) is 19.2. The molecule has 1 heterocycles. The highest BCUT2D eigenvalue weighted by atomic mass is 16.5. The lowest BCUT2D eigenvalue weighted by molar-refractivity contribution is 0.102. The van der Waals surface area contributed by atoms with Crippen LogP contribution in [0.4, 0.5) is 5.69 Å². The molecule has 27 heavy (non-hydrogen) atoms. The van der Waals surface area contributed by atoms with Crippen molar-refractivity contribution in [3.05, 3.63) is 53.6 Å². The van der Waals surface area contributed by atoms with Gasteiger partial charge in [-0.05, 0) is 61.7 Å². The van der Waals surface area contributed by atoms with Crippen LogP contribution >= 0.6 is 0 Å². The Bertz CT molecular complexity index is 743. The first-order valence-corrected chi connectivity index (χ1v) is 9.43.